The third-order valence-corrected chi connectivity index (χ3v) is 3.91. The Kier molecular flexibility index (Phi) is 4.27. The molecule has 0 aliphatic heterocycles. The highest BCUT2D eigenvalue weighted by Crippen LogP contribution is 2.32. The topological polar surface area (TPSA) is 77.8 Å². The molecule has 1 aliphatic rings. The molecule has 1 fully saturated rings. The highest BCUT2D eigenvalue weighted by molar-refractivity contribution is 5.80. The third kappa shape index (κ3) is 3.10. The van der Waals surface area contributed by atoms with E-state index in [1.54, 1.807) is 30.1 Å². The average molecular weight is 277 g/mol. The summed E-state index contributed by atoms with van der Waals surface area (Å²) in [6, 6.07) is 6.90. The van der Waals surface area contributed by atoms with Crippen LogP contribution in [0.5, 0.6) is 5.75 Å². The Labute approximate surface area is 117 Å². The first-order valence-corrected chi connectivity index (χ1v) is 6.73. The first kappa shape index (κ1) is 14.4. The van der Waals surface area contributed by atoms with Gasteiger partial charge in [0.15, 0.2) is 0 Å². The maximum Gasteiger partial charge on any atom is 0.306 e. The fourth-order valence-electron chi connectivity index (χ4n) is 2.72. The van der Waals surface area contributed by atoms with Crippen LogP contribution in [0.1, 0.15) is 24.8 Å². The summed E-state index contributed by atoms with van der Waals surface area (Å²) in [5.41, 5.74) is 0.691. The number of phenolic OH excluding ortho intramolecular Hbond substituents is 1. The fourth-order valence-corrected chi connectivity index (χ4v) is 2.72. The molecule has 5 heteroatoms. The SMILES string of the molecule is CN(Cc1ccccc1O)C(=O)[C@@H]1CC[C@H](C(=O)O)C1. The van der Waals surface area contributed by atoms with Crippen LogP contribution in [-0.4, -0.2) is 34.0 Å². The van der Waals surface area contributed by atoms with Gasteiger partial charge in [-0.05, 0) is 25.3 Å². The molecule has 0 heterocycles. The normalized spacial score (nSPS) is 21.6. The number of carbonyl (C=O) groups is 2. The summed E-state index contributed by atoms with van der Waals surface area (Å²) >= 11 is 0. The van der Waals surface area contributed by atoms with Crippen LogP contribution < -0.4 is 0 Å². The Bertz CT molecular complexity index is 514. The lowest BCUT2D eigenvalue weighted by atomic mass is 10.0. The molecule has 5 nitrogen and oxygen atoms in total. The summed E-state index contributed by atoms with van der Waals surface area (Å²) in [4.78, 5) is 24.8. The monoisotopic (exact) mass is 277 g/mol. The van der Waals surface area contributed by atoms with Gasteiger partial charge >= 0.3 is 5.97 Å². The molecule has 0 unspecified atom stereocenters. The zero-order valence-electron chi connectivity index (χ0n) is 11.5. The third-order valence-electron chi connectivity index (χ3n) is 3.91. The van der Waals surface area contributed by atoms with Crippen LogP contribution in [0, 0.1) is 11.8 Å². The lowest BCUT2D eigenvalue weighted by Gasteiger charge is -2.21. The highest BCUT2D eigenvalue weighted by atomic mass is 16.4. The summed E-state index contributed by atoms with van der Waals surface area (Å²) in [5.74, 6) is -1.31. The second-order valence-electron chi connectivity index (χ2n) is 5.37. The Hall–Kier alpha value is -2.04. The zero-order valence-corrected chi connectivity index (χ0v) is 11.5. The van der Waals surface area contributed by atoms with Gasteiger partial charge in [0.1, 0.15) is 5.75 Å². The standard InChI is InChI=1S/C15H19NO4/c1-16(9-12-4-2-3-5-13(12)17)14(18)10-6-7-11(8-10)15(19)20/h2-5,10-11,17H,6-9H2,1H3,(H,19,20)/t10-,11+/m1/s1. The molecular formula is C15H19NO4. The van der Waals surface area contributed by atoms with Crippen molar-refractivity contribution >= 4 is 11.9 Å². The number of hydrogen-bond donors (Lipinski definition) is 2. The minimum absolute atomic E-state index is 0.0444. The van der Waals surface area contributed by atoms with Crippen molar-refractivity contribution in [1.29, 1.82) is 0 Å². The van der Waals surface area contributed by atoms with Crippen LogP contribution in [-0.2, 0) is 16.1 Å². The van der Waals surface area contributed by atoms with E-state index in [1.165, 1.54) is 0 Å². The van der Waals surface area contributed by atoms with E-state index in [9.17, 15) is 14.7 Å². The van der Waals surface area contributed by atoms with Gasteiger partial charge in [-0.25, -0.2) is 0 Å². The van der Waals surface area contributed by atoms with Crippen molar-refractivity contribution in [1.82, 2.24) is 4.90 Å². The molecule has 2 rings (SSSR count). The van der Waals surface area contributed by atoms with Gasteiger partial charge in [0, 0.05) is 25.1 Å². The van der Waals surface area contributed by atoms with Crippen LogP contribution in [0.15, 0.2) is 24.3 Å². The van der Waals surface area contributed by atoms with Crippen molar-refractivity contribution in [3.8, 4) is 5.75 Å². The largest absolute Gasteiger partial charge is 0.508 e. The van der Waals surface area contributed by atoms with Crippen molar-refractivity contribution in [3.63, 3.8) is 0 Å². The molecule has 1 aromatic carbocycles. The van der Waals surface area contributed by atoms with Gasteiger partial charge in [0.25, 0.3) is 0 Å². The Morgan fingerprint density at radius 1 is 1.25 bits per heavy atom. The number of phenols is 1. The molecule has 108 valence electrons. The van der Waals surface area contributed by atoms with E-state index < -0.39 is 11.9 Å². The second kappa shape index (κ2) is 5.94. The first-order chi connectivity index (χ1) is 9.49. The molecule has 2 atom stereocenters. The number of rotatable bonds is 4. The molecule has 0 aromatic heterocycles. The Morgan fingerprint density at radius 2 is 1.90 bits per heavy atom. The smallest absolute Gasteiger partial charge is 0.306 e. The van der Waals surface area contributed by atoms with Gasteiger partial charge in [-0.15, -0.1) is 0 Å². The number of nitrogens with zero attached hydrogens (tertiary/aromatic N) is 1. The summed E-state index contributed by atoms with van der Waals surface area (Å²) in [7, 11) is 1.68. The molecule has 1 amide bonds. The van der Waals surface area contributed by atoms with Crippen molar-refractivity contribution in [2.24, 2.45) is 11.8 Å². The number of carboxylic acids is 1. The van der Waals surface area contributed by atoms with Crippen LogP contribution in [0.25, 0.3) is 0 Å². The van der Waals surface area contributed by atoms with Crippen molar-refractivity contribution in [2.45, 2.75) is 25.8 Å². The lowest BCUT2D eigenvalue weighted by molar-refractivity contribution is -0.141. The minimum Gasteiger partial charge on any atom is -0.508 e. The Balaban J connectivity index is 1.96. The number of carbonyl (C=O) groups excluding carboxylic acids is 1. The summed E-state index contributed by atoms with van der Waals surface area (Å²) < 4.78 is 0. The maximum atomic E-state index is 12.3. The van der Waals surface area contributed by atoms with Crippen LogP contribution in [0.3, 0.4) is 0 Å². The van der Waals surface area contributed by atoms with E-state index in [1.807, 2.05) is 6.07 Å². The molecule has 1 saturated carbocycles. The van der Waals surface area contributed by atoms with Gasteiger partial charge < -0.3 is 15.1 Å². The number of carboxylic acid groups (broad SMARTS) is 1. The number of aliphatic carboxylic acids is 1. The second-order valence-corrected chi connectivity index (χ2v) is 5.37. The molecule has 0 radical (unpaired) electrons. The van der Waals surface area contributed by atoms with Crippen LogP contribution >= 0.6 is 0 Å². The number of para-hydroxylation sites is 1. The highest BCUT2D eigenvalue weighted by Gasteiger charge is 2.35. The summed E-state index contributed by atoms with van der Waals surface area (Å²) in [5, 5.41) is 18.7. The minimum atomic E-state index is -0.816. The quantitative estimate of drug-likeness (QED) is 0.880. The van der Waals surface area contributed by atoms with E-state index in [-0.39, 0.29) is 17.6 Å². The van der Waals surface area contributed by atoms with Crippen LogP contribution in [0.2, 0.25) is 0 Å². The van der Waals surface area contributed by atoms with E-state index in [2.05, 4.69) is 0 Å². The molecule has 2 N–H and O–H groups in total. The fraction of sp³-hybridized carbons (Fsp3) is 0.467. The zero-order chi connectivity index (χ0) is 14.7. The van der Waals surface area contributed by atoms with Gasteiger partial charge in [-0.3, -0.25) is 9.59 Å². The first-order valence-electron chi connectivity index (χ1n) is 6.73. The average Bonchev–Trinajstić information content (AvgIpc) is 2.90. The summed E-state index contributed by atoms with van der Waals surface area (Å²) in [6.07, 6.45) is 1.61. The van der Waals surface area contributed by atoms with Crippen molar-refractivity contribution in [3.05, 3.63) is 29.8 Å². The van der Waals surface area contributed by atoms with E-state index in [4.69, 9.17) is 5.11 Å². The predicted molar refractivity (Wildman–Crippen MR) is 73.0 cm³/mol. The predicted octanol–water partition coefficient (Wildman–Crippen LogP) is 1.85. The molecule has 0 saturated heterocycles. The molecule has 0 bridgehead atoms. The lowest BCUT2D eigenvalue weighted by Crippen LogP contribution is -2.31. The Morgan fingerprint density at radius 3 is 2.50 bits per heavy atom. The van der Waals surface area contributed by atoms with Gasteiger partial charge in [-0.1, -0.05) is 18.2 Å². The number of aromatic hydroxyl groups is 1. The van der Waals surface area contributed by atoms with Crippen molar-refractivity contribution in [2.75, 3.05) is 7.05 Å². The van der Waals surface area contributed by atoms with Crippen molar-refractivity contribution < 1.29 is 19.8 Å². The maximum absolute atomic E-state index is 12.3. The molecule has 0 spiro atoms. The van der Waals surface area contributed by atoms with Gasteiger partial charge in [0.2, 0.25) is 5.91 Å². The molecule has 1 aromatic rings. The molecular weight excluding hydrogens is 258 g/mol. The van der Waals surface area contributed by atoms with E-state index in [0.29, 0.717) is 31.4 Å². The number of hydrogen-bond acceptors (Lipinski definition) is 3. The van der Waals surface area contributed by atoms with Gasteiger partial charge in [0.05, 0.1) is 5.92 Å². The van der Waals surface area contributed by atoms with Crippen LogP contribution in [0.4, 0.5) is 0 Å². The van der Waals surface area contributed by atoms with E-state index in [0.717, 1.165) is 0 Å². The number of amides is 1. The number of benzene rings is 1. The van der Waals surface area contributed by atoms with Gasteiger partial charge in [-0.2, -0.15) is 0 Å². The molecule has 20 heavy (non-hydrogen) atoms. The van der Waals surface area contributed by atoms with E-state index >= 15 is 0 Å². The molecule has 1 aliphatic carbocycles. The summed E-state index contributed by atoms with van der Waals surface area (Å²) in [6.45, 7) is 0.333.